The summed E-state index contributed by atoms with van der Waals surface area (Å²) in [6.45, 7) is 17.3. The van der Waals surface area contributed by atoms with Crippen LogP contribution in [-0.4, -0.2) is 97.8 Å². The maximum absolute atomic E-state index is 13.6. The summed E-state index contributed by atoms with van der Waals surface area (Å²) in [6, 6.07) is 18.8. The predicted octanol–water partition coefficient (Wildman–Crippen LogP) is 9.19. The smallest absolute Gasteiger partial charge is 0.254 e. The van der Waals surface area contributed by atoms with Gasteiger partial charge in [0, 0.05) is 43.9 Å². The zero-order chi connectivity index (χ0) is 37.2. The number of piperazine rings is 1. The number of likely N-dealkylation sites (tertiary alicyclic amines) is 1. The van der Waals surface area contributed by atoms with Crippen LogP contribution in [0.4, 0.5) is 0 Å². The Morgan fingerprint density at radius 1 is 0.868 bits per heavy atom. The summed E-state index contributed by atoms with van der Waals surface area (Å²) in [5.41, 5.74) is 6.41. The number of hydrogen-bond donors (Lipinski definition) is 0. The average Bonchev–Trinajstić information content (AvgIpc) is 3.82. The van der Waals surface area contributed by atoms with Crippen LogP contribution in [0.25, 0.3) is 20.8 Å². The second kappa shape index (κ2) is 18.9. The molecule has 3 heterocycles. The third-order valence-electron chi connectivity index (χ3n) is 10.7. The van der Waals surface area contributed by atoms with Crippen LogP contribution in [0.3, 0.4) is 0 Å². The van der Waals surface area contributed by atoms with Crippen LogP contribution in [0.5, 0.6) is 17.2 Å². The first-order valence-corrected chi connectivity index (χ1v) is 20.5. The summed E-state index contributed by atoms with van der Waals surface area (Å²) in [4.78, 5) is 25.6. The van der Waals surface area contributed by atoms with Crippen molar-refractivity contribution in [1.82, 2.24) is 19.7 Å². The van der Waals surface area contributed by atoms with Gasteiger partial charge in [-0.05, 0) is 138 Å². The number of carbonyl (C=O) groups excluding carboxylic acids is 1. The van der Waals surface area contributed by atoms with Crippen molar-refractivity contribution in [2.75, 3.05) is 66.1 Å². The molecule has 2 fully saturated rings. The number of benzene rings is 3. The molecule has 0 spiro atoms. The minimum Gasteiger partial charge on any atom is -0.494 e. The van der Waals surface area contributed by atoms with E-state index in [1.54, 1.807) is 18.4 Å². The van der Waals surface area contributed by atoms with Gasteiger partial charge in [0.15, 0.2) is 11.5 Å². The van der Waals surface area contributed by atoms with Crippen molar-refractivity contribution in [2.24, 2.45) is 0 Å². The molecule has 0 radical (unpaired) electrons. The van der Waals surface area contributed by atoms with Crippen LogP contribution >= 0.6 is 11.3 Å². The first-order valence-electron chi connectivity index (χ1n) is 19.7. The number of unbranched alkanes of at least 4 members (excludes halogenated alkanes) is 2. The Morgan fingerprint density at radius 2 is 1.57 bits per heavy atom. The number of amides is 1. The van der Waals surface area contributed by atoms with Gasteiger partial charge in [-0.3, -0.25) is 4.79 Å². The molecule has 4 aromatic rings. The third kappa shape index (κ3) is 10.4. The zero-order valence-electron chi connectivity index (χ0n) is 32.5. The van der Waals surface area contributed by atoms with E-state index < -0.39 is 0 Å². The number of methoxy groups -OCH3 is 1. The molecular weight excluding hydrogens is 681 g/mol. The number of aryl methyl sites for hydroxylation is 2. The van der Waals surface area contributed by atoms with Crippen molar-refractivity contribution in [3.05, 3.63) is 82.9 Å². The first-order chi connectivity index (χ1) is 25.8. The Morgan fingerprint density at radius 3 is 2.25 bits per heavy atom. The molecular formula is C44H58N4O4S. The molecule has 9 heteroatoms. The molecule has 2 aliphatic heterocycles. The minimum absolute atomic E-state index is 0.0818. The van der Waals surface area contributed by atoms with Gasteiger partial charge in [0.2, 0.25) is 0 Å². The fourth-order valence-electron chi connectivity index (χ4n) is 7.32. The number of nitrogens with zero attached hydrogens (tertiary/aromatic N) is 4. The second-order valence-electron chi connectivity index (χ2n) is 14.7. The second-order valence-corrected chi connectivity index (χ2v) is 15.7. The van der Waals surface area contributed by atoms with E-state index in [0.29, 0.717) is 23.7 Å². The molecule has 8 nitrogen and oxygen atoms in total. The summed E-state index contributed by atoms with van der Waals surface area (Å²) in [7, 11) is 1.65. The number of rotatable bonds is 17. The fourth-order valence-corrected chi connectivity index (χ4v) is 8.27. The van der Waals surface area contributed by atoms with Gasteiger partial charge in [0.1, 0.15) is 10.8 Å². The van der Waals surface area contributed by atoms with Gasteiger partial charge < -0.3 is 28.9 Å². The van der Waals surface area contributed by atoms with Crippen molar-refractivity contribution in [3.8, 4) is 27.8 Å². The minimum atomic E-state index is 0.0818. The van der Waals surface area contributed by atoms with Crippen molar-refractivity contribution in [3.63, 3.8) is 0 Å². The molecule has 53 heavy (non-hydrogen) atoms. The molecule has 0 N–H and O–H groups in total. The number of fused-ring (bicyclic) bond motifs is 1. The van der Waals surface area contributed by atoms with Crippen LogP contribution in [0, 0.1) is 13.8 Å². The lowest BCUT2D eigenvalue weighted by Crippen LogP contribution is -2.46. The maximum atomic E-state index is 13.6. The van der Waals surface area contributed by atoms with Gasteiger partial charge in [-0.2, -0.15) is 0 Å². The molecule has 1 unspecified atom stereocenters. The van der Waals surface area contributed by atoms with Crippen LogP contribution in [0.1, 0.15) is 80.3 Å². The molecule has 0 saturated carbocycles. The quantitative estimate of drug-likeness (QED) is 0.0791. The molecule has 2 saturated heterocycles. The van der Waals surface area contributed by atoms with Gasteiger partial charge in [-0.1, -0.05) is 24.6 Å². The predicted molar refractivity (Wildman–Crippen MR) is 218 cm³/mol. The van der Waals surface area contributed by atoms with Crippen LogP contribution in [0.2, 0.25) is 0 Å². The lowest BCUT2D eigenvalue weighted by Gasteiger charge is -2.34. The number of ether oxygens (including phenoxy) is 3. The summed E-state index contributed by atoms with van der Waals surface area (Å²) in [6.07, 6.45) is 9.61. The van der Waals surface area contributed by atoms with Crippen molar-refractivity contribution < 1.29 is 19.0 Å². The van der Waals surface area contributed by atoms with Crippen LogP contribution < -0.4 is 14.2 Å². The lowest BCUT2D eigenvalue weighted by molar-refractivity contribution is 0.0760. The Labute approximate surface area is 320 Å². The van der Waals surface area contributed by atoms with E-state index in [0.717, 1.165) is 125 Å². The van der Waals surface area contributed by atoms with Crippen molar-refractivity contribution >= 4 is 27.5 Å². The third-order valence-corrected chi connectivity index (χ3v) is 11.8. The zero-order valence-corrected chi connectivity index (χ0v) is 33.3. The molecule has 6 rings (SSSR count). The number of aromatic nitrogens is 1. The van der Waals surface area contributed by atoms with Gasteiger partial charge in [0.25, 0.3) is 5.91 Å². The molecule has 0 aliphatic carbocycles. The van der Waals surface area contributed by atoms with Gasteiger partial charge >= 0.3 is 0 Å². The largest absolute Gasteiger partial charge is 0.494 e. The summed E-state index contributed by atoms with van der Waals surface area (Å²) >= 11 is 1.74. The van der Waals surface area contributed by atoms with E-state index in [1.165, 1.54) is 15.8 Å². The topological polar surface area (TPSA) is 67.4 Å². The number of allylic oxidation sites excluding steroid dienone is 1. The van der Waals surface area contributed by atoms with Gasteiger partial charge in [0.05, 0.1) is 36.6 Å². The average molecular weight is 739 g/mol. The molecule has 1 aromatic heterocycles. The maximum Gasteiger partial charge on any atom is 0.254 e. The molecule has 2 aliphatic rings. The Balaban J connectivity index is 0.840. The van der Waals surface area contributed by atoms with E-state index in [9.17, 15) is 4.79 Å². The first kappa shape index (κ1) is 38.8. The van der Waals surface area contributed by atoms with E-state index in [1.807, 2.05) is 24.0 Å². The van der Waals surface area contributed by atoms with E-state index in [2.05, 4.69) is 79.1 Å². The normalized spacial score (nSPS) is 17.1. The summed E-state index contributed by atoms with van der Waals surface area (Å²) < 4.78 is 19.2. The highest BCUT2D eigenvalue weighted by Gasteiger charge is 2.29. The number of carbonyl (C=O) groups is 1. The van der Waals surface area contributed by atoms with Crippen LogP contribution in [-0.2, 0) is 0 Å². The lowest BCUT2D eigenvalue weighted by atomic mass is 10.0. The molecule has 284 valence electrons. The van der Waals surface area contributed by atoms with Crippen LogP contribution in [0.15, 0.2) is 66.2 Å². The molecule has 1 atom stereocenters. The van der Waals surface area contributed by atoms with E-state index in [-0.39, 0.29) is 11.9 Å². The molecule has 1 amide bonds. The summed E-state index contributed by atoms with van der Waals surface area (Å²) in [5.74, 6) is 2.35. The highest BCUT2D eigenvalue weighted by molar-refractivity contribution is 7.21. The Bertz CT molecular complexity index is 1830. The van der Waals surface area contributed by atoms with Crippen molar-refractivity contribution in [1.29, 1.82) is 0 Å². The SMILES string of the molecule is CC/C(C)=C/C1CCCN1C(=O)c1cc(OC)c(OCCCCN2CCN(CCCCOc3ccc(-c4nc5cc(C)ccc5s4)cc3)CC2)cc1C. The highest BCUT2D eigenvalue weighted by Crippen LogP contribution is 2.34. The fraction of sp³-hybridized carbons (Fsp3) is 0.500. The molecule has 0 bridgehead atoms. The number of thiazole rings is 1. The van der Waals surface area contributed by atoms with E-state index in [4.69, 9.17) is 19.2 Å². The Kier molecular flexibility index (Phi) is 13.8. The monoisotopic (exact) mass is 738 g/mol. The number of hydrogen-bond acceptors (Lipinski definition) is 8. The summed E-state index contributed by atoms with van der Waals surface area (Å²) in [5, 5.41) is 1.05. The Hall–Kier alpha value is -3.92. The standard InChI is InChI=1S/C44H58N4O4S/c1-6-32(2)28-36-12-11-21-48(36)44(49)38-31-40(50-5)41(30-34(38)4)52-27-10-8-20-47-24-22-46(23-25-47)19-7-9-26-51-37-16-14-35(15-17-37)43-45-39-29-33(3)13-18-42(39)53-43/h13-18,28-31,36H,6-12,19-27H2,1-5H3/b32-28+. The molecule has 3 aromatic carbocycles. The van der Waals surface area contributed by atoms with Gasteiger partial charge in [-0.25, -0.2) is 4.98 Å². The van der Waals surface area contributed by atoms with Gasteiger partial charge in [-0.15, -0.1) is 11.3 Å². The highest BCUT2D eigenvalue weighted by atomic mass is 32.1. The van der Waals surface area contributed by atoms with Crippen molar-refractivity contribution in [2.45, 2.75) is 78.7 Å². The van der Waals surface area contributed by atoms with E-state index >= 15 is 0 Å².